The molecule has 0 fully saturated rings. The fourth-order valence-electron chi connectivity index (χ4n) is 5.87. The van der Waals surface area contributed by atoms with Crippen molar-refractivity contribution in [3.8, 4) is 0 Å². The van der Waals surface area contributed by atoms with Crippen molar-refractivity contribution in [3.63, 3.8) is 0 Å². The summed E-state index contributed by atoms with van der Waals surface area (Å²) < 4.78 is 23.5. The first kappa shape index (κ1) is 46.5. The van der Waals surface area contributed by atoms with Gasteiger partial charge in [-0.05, 0) is 12.8 Å². The molecule has 0 aliphatic carbocycles. The molecule has 3 N–H and O–H groups in total. The zero-order valence-corrected chi connectivity index (χ0v) is 32.7. The zero-order valence-electron chi connectivity index (χ0n) is 31.8. The van der Waals surface area contributed by atoms with Gasteiger partial charge in [-0.3, -0.25) is 13.8 Å². The molecule has 0 saturated heterocycles. The molecule has 0 aromatic rings. The van der Waals surface area contributed by atoms with Crippen LogP contribution in [0, 0.1) is 0 Å². The van der Waals surface area contributed by atoms with E-state index in [0.29, 0.717) is 23.9 Å². The number of carbonyl (C=O) groups excluding carboxylic acids is 1. The molecule has 8 nitrogen and oxygen atoms in total. The number of aliphatic hydroxyl groups is 1. The van der Waals surface area contributed by atoms with Gasteiger partial charge in [-0.25, -0.2) is 4.57 Å². The number of hydrogen-bond acceptors (Lipinski definition) is 5. The molecule has 0 spiro atoms. The first-order chi connectivity index (χ1) is 22.5. The van der Waals surface area contributed by atoms with Crippen LogP contribution in [0.5, 0.6) is 0 Å². The number of phosphoric ester groups is 1. The molecule has 282 valence electrons. The number of nitrogens with zero attached hydrogens (tertiary/aromatic N) is 1. The van der Waals surface area contributed by atoms with E-state index < -0.39 is 20.0 Å². The highest BCUT2D eigenvalue weighted by molar-refractivity contribution is 7.47. The molecule has 0 radical (unpaired) electrons. The van der Waals surface area contributed by atoms with Crippen molar-refractivity contribution in [1.29, 1.82) is 0 Å². The van der Waals surface area contributed by atoms with Gasteiger partial charge in [-0.15, -0.1) is 0 Å². The standard InChI is InChI=1S/C38H79N2O6P/c1-6-8-10-12-14-16-17-18-19-20-21-22-23-24-25-27-29-31-37(41)36(35-46-47(43,44)45-34-33-40(3,4)5)39-38(42)32-30-28-26-15-13-11-9-7-2/h36-37,41H,6-35H2,1-5H3,(H-,39,42,43,44)/p+1. The fraction of sp³-hybridized carbons (Fsp3) is 0.974. The molecule has 3 unspecified atom stereocenters. The summed E-state index contributed by atoms with van der Waals surface area (Å²) >= 11 is 0. The van der Waals surface area contributed by atoms with Gasteiger partial charge < -0.3 is 19.8 Å². The number of rotatable bonds is 36. The molecular weight excluding hydrogens is 611 g/mol. The van der Waals surface area contributed by atoms with Crippen LogP contribution in [0.15, 0.2) is 0 Å². The monoisotopic (exact) mass is 692 g/mol. The number of amides is 1. The maximum atomic E-state index is 12.7. The van der Waals surface area contributed by atoms with Crippen molar-refractivity contribution in [1.82, 2.24) is 5.32 Å². The average molecular weight is 692 g/mol. The smallest absolute Gasteiger partial charge is 0.391 e. The first-order valence-electron chi connectivity index (χ1n) is 19.9. The molecule has 0 rings (SSSR count). The van der Waals surface area contributed by atoms with E-state index in [4.69, 9.17) is 9.05 Å². The number of likely N-dealkylation sites (N-methyl/N-ethyl adjacent to an activating group) is 1. The van der Waals surface area contributed by atoms with E-state index in [1.807, 2.05) is 21.1 Å². The van der Waals surface area contributed by atoms with Crippen LogP contribution in [0.4, 0.5) is 0 Å². The van der Waals surface area contributed by atoms with Crippen LogP contribution in [0.1, 0.15) is 187 Å². The lowest BCUT2D eigenvalue weighted by molar-refractivity contribution is -0.870. The maximum absolute atomic E-state index is 12.7. The number of hydrogen-bond donors (Lipinski definition) is 3. The number of aliphatic hydroxyl groups excluding tert-OH is 1. The molecule has 0 saturated carbocycles. The second-order valence-corrected chi connectivity index (χ2v) is 16.5. The van der Waals surface area contributed by atoms with E-state index in [0.717, 1.165) is 38.5 Å². The second kappa shape index (κ2) is 31.5. The van der Waals surface area contributed by atoms with Crippen LogP contribution in [-0.2, 0) is 18.4 Å². The molecule has 0 heterocycles. The molecule has 47 heavy (non-hydrogen) atoms. The fourth-order valence-corrected chi connectivity index (χ4v) is 6.60. The Balaban J connectivity index is 4.33. The van der Waals surface area contributed by atoms with Crippen LogP contribution in [0.25, 0.3) is 0 Å². The van der Waals surface area contributed by atoms with Crippen molar-refractivity contribution in [2.75, 3.05) is 40.9 Å². The summed E-state index contributed by atoms with van der Waals surface area (Å²) in [4.78, 5) is 22.9. The molecule has 9 heteroatoms. The van der Waals surface area contributed by atoms with E-state index in [9.17, 15) is 19.4 Å². The van der Waals surface area contributed by atoms with Gasteiger partial charge in [0.1, 0.15) is 13.2 Å². The number of phosphoric acid groups is 1. The Hall–Kier alpha value is -0.500. The van der Waals surface area contributed by atoms with Gasteiger partial charge in [-0.2, -0.15) is 0 Å². The van der Waals surface area contributed by atoms with E-state index >= 15 is 0 Å². The van der Waals surface area contributed by atoms with Gasteiger partial charge in [-0.1, -0.05) is 168 Å². The number of quaternary nitrogens is 1. The maximum Gasteiger partial charge on any atom is 0.472 e. The SMILES string of the molecule is CCCCCCCCCCCCCCCCCCCC(O)C(COP(=O)(O)OCC[N+](C)(C)C)NC(=O)CCCCCCCCCC. The van der Waals surface area contributed by atoms with Crippen molar-refractivity contribution >= 4 is 13.7 Å². The lowest BCUT2D eigenvalue weighted by atomic mass is 10.0. The van der Waals surface area contributed by atoms with Gasteiger partial charge in [0, 0.05) is 6.42 Å². The molecule has 1 amide bonds. The highest BCUT2D eigenvalue weighted by Gasteiger charge is 2.28. The van der Waals surface area contributed by atoms with E-state index in [1.165, 1.54) is 122 Å². The third-order valence-corrected chi connectivity index (χ3v) is 10.1. The molecule has 0 aromatic carbocycles. The minimum absolute atomic E-state index is 0.0779. The van der Waals surface area contributed by atoms with Gasteiger partial charge in [0.05, 0.1) is 39.9 Å². The summed E-state index contributed by atoms with van der Waals surface area (Å²) in [5.41, 5.74) is 0. The molecular formula is C38H80N2O6P+. The quantitative estimate of drug-likeness (QED) is 0.0343. The molecule has 3 atom stereocenters. The summed E-state index contributed by atoms with van der Waals surface area (Å²) in [6, 6.07) is -0.750. The average Bonchev–Trinajstić information content (AvgIpc) is 3.01. The Morgan fingerprint density at radius 3 is 1.43 bits per heavy atom. The van der Waals surface area contributed by atoms with Crippen LogP contribution in [0.3, 0.4) is 0 Å². The van der Waals surface area contributed by atoms with Gasteiger partial charge >= 0.3 is 7.82 Å². The summed E-state index contributed by atoms with van der Waals surface area (Å²) in [5, 5.41) is 13.9. The lowest BCUT2D eigenvalue weighted by Crippen LogP contribution is -2.46. The van der Waals surface area contributed by atoms with E-state index in [2.05, 4.69) is 19.2 Å². The highest BCUT2D eigenvalue weighted by Crippen LogP contribution is 2.43. The topological polar surface area (TPSA) is 105 Å². The summed E-state index contributed by atoms with van der Waals surface area (Å²) in [6.45, 7) is 4.86. The predicted molar refractivity (Wildman–Crippen MR) is 199 cm³/mol. The summed E-state index contributed by atoms with van der Waals surface area (Å²) in [7, 11) is 1.62. The third-order valence-electron chi connectivity index (χ3n) is 9.11. The minimum atomic E-state index is -4.30. The Morgan fingerprint density at radius 1 is 0.638 bits per heavy atom. The number of unbranched alkanes of at least 4 members (excludes halogenated alkanes) is 23. The molecule has 0 aromatic heterocycles. The third kappa shape index (κ3) is 33.8. The van der Waals surface area contributed by atoms with Crippen molar-refractivity contribution in [2.24, 2.45) is 0 Å². The Labute approximate surface area is 291 Å². The van der Waals surface area contributed by atoms with Crippen LogP contribution in [-0.4, -0.2) is 73.4 Å². The van der Waals surface area contributed by atoms with Gasteiger partial charge in [0.15, 0.2) is 0 Å². The van der Waals surface area contributed by atoms with Crippen LogP contribution in [0.2, 0.25) is 0 Å². The molecule has 0 bridgehead atoms. The summed E-state index contributed by atoms with van der Waals surface area (Å²) in [6.07, 6.45) is 31.3. The van der Waals surface area contributed by atoms with E-state index in [1.54, 1.807) is 0 Å². The lowest BCUT2D eigenvalue weighted by Gasteiger charge is -2.26. The predicted octanol–water partition coefficient (Wildman–Crippen LogP) is 10.2. The van der Waals surface area contributed by atoms with E-state index in [-0.39, 0.29) is 19.1 Å². The Bertz CT molecular complexity index is 748. The van der Waals surface area contributed by atoms with Crippen molar-refractivity contribution in [3.05, 3.63) is 0 Å². The second-order valence-electron chi connectivity index (χ2n) is 15.0. The first-order valence-corrected chi connectivity index (χ1v) is 21.4. The minimum Gasteiger partial charge on any atom is -0.391 e. The summed E-state index contributed by atoms with van der Waals surface area (Å²) in [5.74, 6) is -0.148. The largest absolute Gasteiger partial charge is 0.472 e. The van der Waals surface area contributed by atoms with Crippen molar-refractivity contribution in [2.45, 2.75) is 199 Å². The van der Waals surface area contributed by atoms with Crippen LogP contribution < -0.4 is 5.32 Å². The normalized spacial score (nSPS) is 14.6. The molecule has 0 aliphatic rings. The highest BCUT2D eigenvalue weighted by atomic mass is 31.2. The Morgan fingerprint density at radius 2 is 1.02 bits per heavy atom. The molecule has 0 aliphatic heterocycles. The zero-order chi connectivity index (χ0) is 35.1. The number of nitrogens with one attached hydrogen (secondary N) is 1. The van der Waals surface area contributed by atoms with Crippen molar-refractivity contribution < 1.29 is 32.9 Å². The van der Waals surface area contributed by atoms with Crippen LogP contribution >= 0.6 is 7.82 Å². The number of carbonyl (C=O) groups is 1. The van der Waals surface area contributed by atoms with Gasteiger partial charge in [0.2, 0.25) is 5.91 Å². The Kier molecular flexibility index (Phi) is 31.1. The van der Waals surface area contributed by atoms with Gasteiger partial charge in [0.25, 0.3) is 0 Å².